The monoisotopic (exact) mass is 202 g/mol. The maximum absolute atomic E-state index is 5.68. The van der Waals surface area contributed by atoms with E-state index in [1.54, 1.807) is 0 Å². The molecule has 0 saturated heterocycles. The first-order chi connectivity index (χ1) is 7.18. The van der Waals surface area contributed by atoms with Crippen molar-refractivity contribution in [2.75, 3.05) is 0 Å². The largest absolute Gasteiger partial charge is 0.494 e. The molecule has 0 aliphatic carbocycles. The minimum atomic E-state index is 0.260. The van der Waals surface area contributed by atoms with Crippen LogP contribution in [0, 0.1) is 20.8 Å². The molecule has 1 heterocycles. The highest BCUT2D eigenvalue weighted by molar-refractivity contribution is 5.39. The zero-order valence-corrected chi connectivity index (χ0v) is 9.71. The first-order valence-electron chi connectivity index (χ1n) is 5.56. The highest BCUT2D eigenvalue weighted by Gasteiger charge is 2.18. The lowest BCUT2D eigenvalue weighted by Crippen LogP contribution is -2.08. The highest BCUT2D eigenvalue weighted by atomic mass is 16.5. The molecule has 0 fully saturated rings. The fraction of sp³-hybridized carbons (Fsp3) is 0.429. The highest BCUT2D eigenvalue weighted by Crippen LogP contribution is 2.31. The Morgan fingerprint density at radius 3 is 2.33 bits per heavy atom. The van der Waals surface area contributed by atoms with Gasteiger partial charge < -0.3 is 4.74 Å². The van der Waals surface area contributed by atoms with Gasteiger partial charge in [0.2, 0.25) is 0 Å². The van der Waals surface area contributed by atoms with Crippen molar-refractivity contribution in [2.24, 2.45) is 0 Å². The van der Waals surface area contributed by atoms with E-state index in [1.165, 1.54) is 22.3 Å². The van der Waals surface area contributed by atoms with E-state index in [-0.39, 0.29) is 6.10 Å². The molecule has 0 aromatic heterocycles. The first-order valence-corrected chi connectivity index (χ1v) is 5.56. The van der Waals surface area contributed by atoms with Crippen molar-refractivity contribution in [1.29, 1.82) is 0 Å². The van der Waals surface area contributed by atoms with Crippen LogP contribution < -0.4 is 0 Å². The number of aryl methyl sites for hydroxylation is 3. The summed E-state index contributed by atoms with van der Waals surface area (Å²) in [6.07, 6.45) is 6.41. The van der Waals surface area contributed by atoms with Crippen molar-refractivity contribution in [3.63, 3.8) is 0 Å². The molecule has 1 nitrogen and oxygen atoms in total. The van der Waals surface area contributed by atoms with Crippen molar-refractivity contribution < 1.29 is 4.74 Å². The predicted octanol–water partition coefficient (Wildman–Crippen LogP) is 3.98. The molecule has 1 aromatic carbocycles. The number of hydrogen-bond acceptors (Lipinski definition) is 1. The third-order valence-corrected chi connectivity index (χ3v) is 2.99. The lowest BCUT2D eigenvalue weighted by Gasteiger charge is -2.23. The molecule has 1 aromatic rings. The van der Waals surface area contributed by atoms with Gasteiger partial charge in [-0.1, -0.05) is 17.7 Å². The number of benzene rings is 1. The van der Waals surface area contributed by atoms with E-state index >= 15 is 0 Å². The summed E-state index contributed by atoms with van der Waals surface area (Å²) in [6.45, 7) is 6.50. The van der Waals surface area contributed by atoms with E-state index in [1.807, 2.05) is 6.26 Å². The minimum Gasteiger partial charge on any atom is -0.494 e. The van der Waals surface area contributed by atoms with Crippen LogP contribution in [0.1, 0.15) is 41.2 Å². The average molecular weight is 202 g/mol. The maximum Gasteiger partial charge on any atom is 0.124 e. The first kappa shape index (κ1) is 10.3. The van der Waals surface area contributed by atoms with Crippen LogP contribution in [-0.2, 0) is 4.74 Å². The summed E-state index contributed by atoms with van der Waals surface area (Å²) in [5, 5.41) is 0. The molecule has 1 heteroatoms. The molecular weight excluding hydrogens is 184 g/mol. The van der Waals surface area contributed by atoms with E-state index < -0.39 is 0 Å². The van der Waals surface area contributed by atoms with Crippen LogP contribution in [0.15, 0.2) is 24.5 Å². The Hall–Kier alpha value is -1.24. The topological polar surface area (TPSA) is 9.23 Å². The smallest absolute Gasteiger partial charge is 0.124 e. The zero-order chi connectivity index (χ0) is 10.8. The van der Waals surface area contributed by atoms with Crippen LogP contribution in [0.25, 0.3) is 0 Å². The molecular formula is C14H18O. The number of allylic oxidation sites excluding steroid dienone is 1. The summed E-state index contributed by atoms with van der Waals surface area (Å²) in [5.41, 5.74) is 5.42. The fourth-order valence-electron chi connectivity index (χ4n) is 2.45. The second-order valence-corrected chi connectivity index (χ2v) is 4.39. The molecule has 0 N–H and O–H groups in total. The summed E-state index contributed by atoms with van der Waals surface area (Å²) in [6, 6.07) is 4.48. The normalized spacial score (nSPS) is 20.1. The van der Waals surface area contributed by atoms with Crippen LogP contribution in [0.4, 0.5) is 0 Å². The van der Waals surface area contributed by atoms with Gasteiger partial charge in [0, 0.05) is 0 Å². The van der Waals surface area contributed by atoms with Crippen LogP contribution in [0.3, 0.4) is 0 Å². The molecule has 0 saturated carbocycles. The van der Waals surface area contributed by atoms with Crippen LogP contribution in [0.5, 0.6) is 0 Å². The summed E-state index contributed by atoms with van der Waals surface area (Å²) in [5.74, 6) is 0. The molecule has 15 heavy (non-hydrogen) atoms. The van der Waals surface area contributed by atoms with Gasteiger partial charge in [0.25, 0.3) is 0 Å². The van der Waals surface area contributed by atoms with Crippen LogP contribution >= 0.6 is 0 Å². The second kappa shape index (κ2) is 4.09. The van der Waals surface area contributed by atoms with Gasteiger partial charge in [-0.15, -0.1) is 0 Å². The van der Waals surface area contributed by atoms with Gasteiger partial charge in [-0.05, 0) is 56.4 Å². The van der Waals surface area contributed by atoms with Gasteiger partial charge in [-0.2, -0.15) is 0 Å². The SMILES string of the molecule is Cc1cc(C)c(C2CCC=CO2)c(C)c1. The van der Waals surface area contributed by atoms with Crippen LogP contribution in [0.2, 0.25) is 0 Å². The molecule has 0 spiro atoms. The van der Waals surface area contributed by atoms with Gasteiger partial charge in [-0.3, -0.25) is 0 Å². The molecule has 0 amide bonds. The lowest BCUT2D eigenvalue weighted by molar-refractivity contribution is 0.124. The summed E-state index contributed by atoms with van der Waals surface area (Å²) >= 11 is 0. The molecule has 1 aliphatic heterocycles. The number of ether oxygens (including phenoxy) is 1. The van der Waals surface area contributed by atoms with Crippen molar-refractivity contribution in [1.82, 2.24) is 0 Å². The summed E-state index contributed by atoms with van der Waals surface area (Å²) in [7, 11) is 0. The zero-order valence-electron chi connectivity index (χ0n) is 9.71. The molecule has 2 rings (SSSR count). The molecule has 80 valence electrons. The lowest BCUT2D eigenvalue weighted by atomic mass is 9.93. The maximum atomic E-state index is 5.68. The van der Waals surface area contributed by atoms with Gasteiger partial charge >= 0.3 is 0 Å². The quantitative estimate of drug-likeness (QED) is 0.669. The molecule has 0 bridgehead atoms. The minimum absolute atomic E-state index is 0.260. The Kier molecular flexibility index (Phi) is 2.81. The van der Waals surface area contributed by atoms with Gasteiger partial charge in [-0.25, -0.2) is 0 Å². The van der Waals surface area contributed by atoms with E-state index in [9.17, 15) is 0 Å². The van der Waals surface area contributed by atoms with E-state index in [0.29, 0.717) is 0 Å². The Balaban J connectivity index is 2.38. The van der Waals surface area contributed by atoms with Crippen LogP contribution in [-0.4, -0.2) is 0 Å². The van der Waals surface area contributed by atoms with Crippen molar-refractivity contribution in [3.05, 3.63) is 46.7 Å². The Morgan fingerprint density at radius 2 is 1.80 bits per heavy atom. The fourth-order valence-corrected chi connectivity index (χ4v) is 2.45. The third kappa shape index (κ3) is 2.06. The second-order valence-electron chi connectivity index (χ2n) is 4.39. The van der Waals surface area contributed by atoms with Gasteiger partial charge in [0.15, 0.2) is 0 Å². The molecule has 1 unspecified atom stereocenters. The number of hydrogen-bond donors (Lipinski definition) is 0. The van der Waals surface area contributed by atoms with E-state index in [2.05, 4.69) is 39.0 Å². The van der Waals surface area contributed by atoms with Crippen molar-refractivity contribution >= 4 is 0 Å². The molecule has 0 radical (unpaired) electrons. The Labute approximate surface area is 91.8 Å². The Bertz CT molecular complexity index is 367. The summed E-state index contributed by atoms with van der Waals surface area (Å²) < 4.78 is 5.68. The van der Waals surface area contributed by atoms with Crippen molar-refractivity contribution in [2.45, 2.75) is 39.7 Å². The average Bonchev–Trinajstić information content (AvgIpc) is 2.17. The van der Waals surface area contributed by atoms with E-state index in [0.717, 1.165) is 12.8 Å². The number of rotatable bonds is 1. The van der Waals surface area contributed by atoms with E-state index in [4.69, 9.17) is 4.74 Å². The standard InChI is InChI=1S/C14H18O/c1-10-8-11(2)14(12(3)9-10)13-6-4-5-7-15-13/h5,7-9,13H,4,6H2,1-3H3. The van der Waals surface area contributed by atoms with Gasteiger partial charge in [0.1, 0.15) is 6.10 Å². The van der Waals surface area contributed by atoms with Gasteiger partial charge in [0.05, 0.1) is 6.26 Å². The molecule has 1 atom stereocenters. The third-order valence-electron chi connectivity index (χ3n) is 2.99. The summed E-state index contributed by atoms with van der Waals surface area (Å²) in [4.78, 5) is 0. The predicted molar refractivity (Wildman–Crippen MR) is 62.9 cm³/mol. The Morgan fingerprint density at radius 1 is 1.13 bits per heavy atom. The van der Waals surface area contributed by atoms with Crippen molar-refractivity contribution in [3.8, 4) is 0 Å². The molecule has 1 aliphatic rings.